The van der Waals surface area contributed by atoms with Crippen LogP contribution in [0.3, 0.4) is 0 Å². The van der Waals surface area contributed by atoms with Crippen LogP contribution in [0.25, 0.3) is 5.69 Å². The molecule has 2 aliphatic rings. The van der Waals surface area contributed by atoms with Gasteiger partial charge in [0.1, 0.15) is 0 Å². The molecular weight excluding hydrogens is 415 g/mol. The number of rotatable bonds is 1. The highest BCUT2D eigenvalue weighted by Gasteiger charge is 2.43. The number of anilines is 1. The van der Waals surface area contributed by atoms with Gasteiger partial charge < -0.3 is 14.8 Å². The van der Waals surface area contributed by atoms with Gasteiger partial charge in [0.15, 0.2) is 0 Å². The summed E-state index contributed by atoms with van der Waals surface area (Å²) < 4.78 is 42.4. The third-order valence-corrected chi connectivity index (χ3v) is 6.92. The van der Waals surface area contributed by atoms with Crippen molar-refractivity contribution in [3.63, 3.8) is 0 Å². The number of piperidine rings is 1. The molecular formula is C25H24F3N3O. The van der Waals surface area contributed by atoms with Crippen molar-refractivity contribution in [1.29, 1.82) is 0 Å². The molecule has 0 saturated carbocycles. The van der Waals surface area contributed by atoms with E-state index >= 15 is 0 Å². The van der Waals surface area contributed by atoms with Crippen LogP contribution in [0.5, 0.6) is 0 Å². The summed E-state index contributed by atoms with van der Waals surface area (Å²) in [5.41, 5.74) is 4.19. The first-order chi connectivity index (χ1) is 15.2. The van der Waals surface area contributed by atoms with Crippen LogP contribution in [-0.2, 0) is 11.7 Å². The van der Waals surface area contributed by atoms with Gasteiger partial charge in [0.2, 0.25) is 0 Å². The summed E-state index contributed by atoms with van der Waals surface area (Å²) in [7, 11) is 0. The molecule has 5 rings (SSSR count). The number of likely N-dealkylation sites (tertiary alicyclic amines) is 1. The molecule has 32 heavy (non-hydrogen) atoms. The van der Waals surface area contributed by atoms with Crippen molar-refractivity contribution in [2.75, 3.05) is 18.4 Å². The molecule has 1 spiro atoms. The van der Waals surface area contributed by atoms with Crippen molar-refractivity contribution in [2.24, 2.45) is 0 Å². The van der Waals surface area contributed by atoms with Crippen molar-refractivity contribution >= 4 is 11.6 Å². The maximum absolute atomic E-state index is 13.4. The third kappa shape index (κ3) is 3.10. The molecule has 3 heterocycles. The molecule has 0 radical (unpaired) electrons. The molecule has 166 valence electrons. The quantitative estimate of drug-likeness (QED) is 0.531. The normalized spacial score (nSPS) is 17.0. The Balaban J connectivity index is 1.43. The number of carbonyl (C=O) groups is 1. The van der Waals surface area contributed by atoms with Gasteiger partial charge >= 0.3 is 6.18 Å². The maximum atomic E-state index is 13.4. The Morgan fingerprint density at radius 2 is 1.72 bits per heavy atom. The number of amides is 1. The lowest BCUT2D eigenvalue weighted by molar-refractivity contribution is -0.138. The topological polar surface area (TPSA) is 37.3 Å². The van der Waals surface area contributed by atoms with Crippen molar-refractivity contribution in [3.8, 4) is 5.69 Å². The molecule has 2 aromatic carbocycles. The van der Waals surface area contributed by atoms with Gasteiger partial charge in [-0.2, -0.15) is 13.2 Å². The first-order valence-electron chi connectivity index (χ1n) is 10.7. The smallest absolute Gasteiger partial charge is 0.372 e. The monoisotopic (exact) mass is 439 g/mol. The van der Waals surface area contributed by atoms with Crippen molar-refractivity contribution in [3.05, 3.63) is 82.7 Å². The second kappa shape index (κ2) is 7.15. The average molecular weight is 439 g/mol. The molecule has 1 N–H and O–H groups in total. The molecule has 4 nitrogen and oxygen atoms in total. The Morgan fingerprint density at radius 3 is 2.44 bits per heavy atom. The Morgan fingerprint density at radius 1 is 1.00 bits per heavy atom. The average Bonchev–Trinajstić information content (AvgIpc) is 3.27. The number of carbonyl (C=O) groups excluding carboxylic acids is 1. The molecule has 2 aliphatic heterocycles. The first-order valence-corrected chi connectivity index (χ1v) is 10.7. The molecule has 0 atom stereocenters. The van der Waals surface area contributed by atoms with E-state index in [0.29, 0.717) is 25.9 Å². The maximum Gasteiger partial charge on any atom is 0.417 e. The number of aryl methyl sites for hydroxylation is 1. The van der Waals surface area contributed by atoms with Crippen LogP contribution in [0.1, 0.15) is 45.6 Å². The number of alkyl halides is 3. The Hall–Kier alpha value is -3.22. The number of aromatic nitrogens is 1. The number of hydrogen-bond donors (Lipinski definition) is 1. The summed E-state index contributed by atoms with van der Waals surface area (Å²) >= 11 is 0. The summed E-state index contributed by atoms with van der Waals surface area (Å²) in [6.07, 6.45) is -1.28. The van der Waals surface area contributed by atoms with E-state index in [4.69, 9.17) is 0 Å². The van der Waals surface area contributed by atoms with Gasteiger partial charge in [0.25, 0.3) is 5.91 Å². The Labute approximate surface area is 184 Å². The zero-order valence-corrected chi connectivity index (χ0v) is 18.0. The molecule has 7 heteroatoms. The van der Waals surface area contributed by atoms with Gasteiger partial charge in [0.05, 0.1) is 28.0 Å². The summed E-state index contributed by atoms with van der Waals surface area (Å²) in [6, 6.07) is 13.3. The molecule has 1 fully saturated rings. The van der Waals surface area contributed by atoms with Crippen LogP contribution in [0, 0.1) is 13.8 Å². The third-order valence-electron chi connectivity index (χ3n) is 6.92. The van der Waals surface area contributed by atoms with E-state index in [1.54, 1.807) is 4.90 Å². The molecule has 1 aromatic heterocycles. The Bertz CT molecular complexity index is 1200. The molecule has 0 unspecified atom stereocenters. The number of halogens is 3. The summed E-state index contributed by atoms with van der Waals surface area (Å²) in [5.74, 6) is -0.564. The SMILES string of the molecule is Cc1ccc2c(c1C)-n1cccc1C1(CCN(C(=O)c3ccccc3C(F)(F)F)CC1)N2. The lowest BCUT2D eigenvalue weighted by Gasteiger charge is -2.46. The van der Waals surface area contributed by atoms with E-state index in [1.807, 2.05) is 6.07 Å². The minimum atomic E-state index is -4.56. The highest BCUT2D eigenvalue weighted by Crippen LogP contribution is 2.45. The van der Waals surface area contributed by atoms with Gasteiger partial charge in [-0.05, 0) is 68.1 Å². The van der Waals surface area contributed by atoms with Crippen molar-refractivity contribution in [2.45, 2.75) is 38.4 Å². The van der Waals surface area contributed by atoms with Gasteiger partial charge in [-0.15, -0.1) is 0 Å². The fourth-order valence-electron chi connectivity index (χ4n) is 5.06. The van der Waals surface area contributed by atoms with E-state index in [9.17, 15) is 18.0 Å². The number of hydrogen-bond acceptors (Lipinski definition) is 2. The standard InChI is InChI=1S/C25H24F3N3O/c1-16-9-10-20-22(17(16)2)31-13-5-8-21(31)24(29-20)11-14-30(15-12-24)23(32)18-6-3-4-7-19(18)25(26,27)28/h3-10,13,29H,11-12,14-15H2,1-2H3. The summed E-state index contributed by atoms with van der Waals surface area (Å²) in [4.78, 5) is 14.6. The second-order valence-corrected chi connectivity index (χ2v) is 8.71. The van der Waals surface area contributed by atoms with Crippen LogP contribution in [0.4, 0.5) is 18.9 Å². The predicted octanol–water partition coefficient (Wildman–Crippen LogP) is 5.67. The van der Waals surface area contributed by atoms with Crippen LogP contribution >= 0.6 is 0 Å². The van der Waals surface area contributed by atoms with Crippen LogP contribution in [-0.4, -0.2) is 28.5 Å². The van der Waals surface area contributed by atoms with E-state index in [1.165, 1.54) is 29.3 Å². The van der Waals surface area contributed by atoms with Crippen LogP contribution in [0.2, 0.25) is 0 Å². The highest BCUT2D eigenvalue weighted by molar-refractivity contribution is 5.96. The minimum Gasteiger partial charge on any atom is -0.372 e. The van der Waals surface area contributed by atoms with Crippen molar-refractivity contribution < 1.29 is 18.0 Å². The van der Waals surface area contributed by atoms with Crippen LogP contribution < -0.4 is 5.32 Å². The minimum absolute atomic E-state index is 0.285. The largest absolute Gasteiger partial charge is 0.417 e. The number of benzene rings is 2. The predicted molar refractivity (Wildman–Crippen MR) is 117 cm³/mol. The molecule has 0 bridgehead atoms. The van der Waals surface area contributed by atoms with Crippen LogP contribution in [0.15, 0.2) is 54.7 Å². The lowest BCUT2D eigenvalue weighted by atomic mass is 9.81. The zero-order valence-electron chi connectivity index (χ0n) is 18.0. The summed E-state index contributed by atoms with van der Waals surface area (Å²) in [5, 5.41) is 3.72. The zero-order chi connectivity index (χ0) is 22.7. The van der Waals surface area contributed by atoms with E-state index in [0.717, 1.165) is 23.1 Å². The first kappa shape index (κ1) is 20.7. The molecule has 1 amide bonds. The molecule has 1 saturated heterocycles. The molecule has 3 aromatic rings. The number of nitrogens with one attached hydrogen (secondary N) is 1. The van der Waals surface area contributed by atoms with Gasteiger partial charge in [-0.1, -0.05) is 18.2 Å². The van der Waals surface area contributed by atoms with Crippen molar-refractivity contribution in [1.82, 2.24) is 9.47 Å². The van der Waals surface area contributed by atoms with E-state index < -0.39 is 17.6 Å². The van der Waals surface area contributed by atoms with Gasteiger partial charge in [-0.3, -0.25) is 4.79 Å². The van der Waals surface area contributed by atoms with Gasteiger partial charge in [0, 0.05) is 25.0 Å². The number of fused-ring (bicyclic) bond motifs is 4. The van der Waals surface area contributed by atoms with E-state index in [2.05, 4.69) is 48.1 Å². The number of nitrogens with zero attached hydrogens (tertiary/aromatic N) is 2. The fraction of sp³-hybridized carbons (Fsp3) is 0.320. The second-order valence-electron chi connectivity index (χ2n) is 8.71. The van der Waals surface area contributed by atoms with Gasteiger partial charge in [-0.25, -0.2) is 0 Å². The molecule has 0 aliphatic carbocycles. The van der Waals surface area contributed by atoms with E-state index in [-0.39, 0.29) is 11.1 Å². The fourth-order valence-corrected chi connectivity index (χ4v) is 5.06. The lowest BCUT2D eigenvalue weighted by Crippen LogP contribution is -2.51. The highest BCUT2D eigenvalue weighted by atomic mass is 19.4. The summed E-state index contributed by atoms with van der Waals surface area (Å²) in [6.45, 7) is 4.95. The Kier molecular flexibility index (Phi) is 4.62.